The summed E-state index contributed by atoms with van der Waals surface area (Å²) in [4.78, 5) is 2.43. The van der Waals surface area contributed by atoms with Crippen molar-refractivity contribution in [1.82, 2.24) is 9.13 Å². The van der Waals surface area contributed by atoms with Gasteiger partial charge in [0.25, 0.3) is 6.71 Å². The molecule has 4 heteroatoms. The molecule has 12 aromatic carbocycles. The second-order valence-electron chi connectivity index (χ2n) is 24.6. The quantitative estimate of drug-likeness (QED) is 0.157. The van der Waals surface area contributed by atoms with Crippen molar-refractivity contribution in [3.05, 3.63) is 278 Å². The first-order valence-corrected chi connectivity index (χ1v) is 29.0. The average Bonchev–Trinajstić information content (AvgIpc) is 0.960. The summed E-state index contributed by atoms with van der Waals surface area (Å²) in [6, 6.07) is 75.5. The lowest BCUT2D eigenvalue weighted by Crippen LogP contribution is -2.60. The highest BCUT2D eigenvalue weighted by Crippen LogP contribution is 2.50. The Kier molecular flexibility index (Phi) is 9.41. The number of para-hydroxylation sites is 4. The number of rotatable bonds is 5. The predicted molar refractivity (Wildman–Crippen MR) is 361 cm³/mol. The minimum absolute atomic E-state index is 0.0233. The Morgan fingerprint density at radius 1 is 0.345 bits per heavy atom. The fraction of sp³-hybridized carbons (Fsp3) is 0.100. The second kappa shape index (κ2) is 18.8. The van der Waals surface area contributed by atoms with Gasteiger partial charge in [-0.25, -0.2) is 0 Å². The van der Waals surface area contributed by atoms with Crippen LogP contribution in [0.5, 0.6) is 0 Å². The van der Waals surface area contributed by atoms with Gasteiger partial charge in [-0.2, -0.15) is 0 Å². The van der Waals surface area contributed by atoms with E-state index in [9.17, 15) is 5.48 Å². The minimum atomic E-state index is -0.489. The van der Waals surface area contributed by atoms with Crippen molar-refractivity contribution in [2.45, 2.75) is 52.4 Å². The molecular weight excluding hydrogens is 1010 g/mol. The molecule has 0 aliphatic carbocycles. The normalized spacial score (nSPS) is 14.2. The Hall–Kier alpha value is -9.90. The van der Waals surface area contributed by atoms with Crippen molar-refractivity contribution in [1.29, 1.82) is 0 Å². The molecule has 16 rings (SSSR count). The Morgan fingerprint density at radius 2 is 0.869 bits per heavy atom. The number of anilines is 3. The monoisotopic (exact) mass is 1080 g/mol. The molecule has 14 aromatic rings. The molecule has 0 saturated heterocycles. The largest absolute Gasteiger partial charge is 0.310 e. The molecule has 84 heavy (non-hydrogen) atoms. The van der Waals surface area contributed by atoms with Gasteiger partial charge in [-0.15, -0.1) is 0 Å². The van der Waals surface area contributed by atoms with Crippen molar-refractivity contribution >= 4 is 105 Å². The van der Waals surface area contributed by atoms with Gasteiger partial charge in [-0.05, 0) is 131 Å². The summed E-state index contributed by atoms with van der Waals surface area (Å²) < 4.78 is 78.8. The van der Waals surface area contributed by atoms with E-state index in [-0.39, 0.29) is 51.4 Å². The van der Waals surface area contributed by atoms with E-state index in [0.717, 1.165) is 121 Å². The number of fused-ring (bicyclic) bond motifs is 14. The van der Waals surface area contributed by atoms with Gasteiger partial charge in [-0.1, -0.05) is 260 Å². The zero-order valence-corrected chi connectivity index (χ0v) is 47.7. The van der Waals surface area contributed by atoms with Crippen LogP contribution in [-0.2, 0) is 10.8 Å². The first-order valence-electron chi connectivity index (χ1n) is 33.0. The van der Waals surface area contributed by atoms with Gasteiger partial charge in [0.1, 0.15) is 0 Å². The summed E-state index contributed by atoms with van der Waals surface area (Å²) in [6.07, 6.45) is 0. The molecule has 0 spiro atoms. The third kappa shape index (κ3) is 7.66. The average molecular weight is 1080 g/mol. The van der Waals surface area contributed by atoms with E-state index < -0.39 is 36.3 Å². The van der Waals surface area contributed by atoms with Gasteiger partial charge in [0.2, 0.25) is 0 Å². The van der Waals surface area contributed by atoms with E-state index in [0.29, 0.717) is 5.69 Å². The van der Waals surface area contributed by atoms with Crippen LogP contribution in [0.25, 0.3) is 110 Å². The molecule has 0 radical (unpaired) electrons. The number of aromatic nitrogens is 2. The van der Waals surface area contributed by atoms with E-state index >= 15 is 0 Å². The minimum Gasteiger partial charge on any atom is -0.310 e. The molecule has 2 aromatic heterocycles. The van der Waals surface area contributed by atoms with Crippen molar-refractivity contribution in [3.8, 4) is 44.8 Å². The molecule has 0 saturated carbocycles. The number of benzene rings is 12. The third-order valence-electron chi connectivity index (χ3n) is 17.7. The summed E-state index contributed by atoms with van der Waals surface area (Å²) in [7, 11) is 0. The maximum atomic E-state index is 9.71. The first-order chi connectivity index (χ1) is 44.3. The predicted octanol–water partition coefficient (Wildman–Crippen LogP) is 19.5. The lowest BCUT2D eigenvalue weighted by Gasteiger charge is -2.43. The van der Waals surface area contributed by atoms with Crippen LogP contribution in [0, 0.1) is 0 Å². The lowest BCUT2D eigenvalue weighted by molar-refractivity contribution is 0.590. The molecular formula is C80H62BN3. The molecule has 0 fully saturated rings. The topological polar surface area (TPSA) is 13.1 Å². The maximum Gasteiger partial charge on any atom is 0.252 e. The maximum absolute atomic E-state index is 9.71. The van der Waals surface area contributed by atoms with Gasteiger partial charge in [0, 0.05) is 60.9 Å². The smallest absolute Gasteiger partial charge is 0.252 e. The number of nitrogens with zero attached hydrogens (tertiary/aromatic N) is 3. The fourth-order valence-electron chi connectivity index (χ4n) is 13.7. The van der Waals surface area contributed by atoms with Crippen molar-refractivity contribution in [2.75, 3.05) is 4.90 Å². The SMILES string of the molecule is [2H]c1c([2H])c([2H])c2c(c1[2H])c1c([2H])c([2H])c([2H])c([2H])c1n2-c1ccc2c(c1)N(c1c(-c3ccccc3)cccc1-c1ccccc1)c1cc(C(C)(C)C)cc3c1B2c1cc(-c2ccc(C(C)(C)C)cc2)cc2c4ccccc4c4ccccc4c4ccccc4n-3c12. The van der Waals surface area contributed by atoms with Crippen LogP contribution in [0.3, 0.4) is 0 Å². The zero-order chi connectivity index (χ0) is 63.5. The molecule has 4 heterocycles. The molecule has 0 bridgehead atoms. The molecule has 400 valence electrons. The molecule has 0 unspecified atom stereocenters. The number of hydrogen-bond acceptors (Lipinski definition) is 1. The molecule has 3 nitrogen and oxygen atoms in total. The van der Waals surface area contributed by atoms with Gasteiger partial charge < -0.3 is 14.0 Å². The van der Waals surface area contributed by atoms with Crippen molar-refractivity contribution in [2.24, 2.45) is 0 Å². The van der Waals surface area contributed by atoms with Crippen LogP contribution < -0.4 is 21.3 Å². The first kappa shape index (κ1) is 42.0. The number of hydrogen-bond donors (Lipinski definition) is 0. The van der Waals surface area contributed by atoms with Crippen molar-refractivity contribution < 1.29 is 11.0 Å². The van der Waals surface area contributed by atoms with Crippen LogP contribution >= 0.6 is 0 Å². The van der Waals surface area contributed by atoms with Crippen LogP contribution in [-0.4, -0.2) is 15.8 Å². The Bertz CT molecular complexity index is 5450. The summed E-state index contributed by atoms with van der Waals surface area (Å²) >= 11 is 0. The summed E-state index contributed by atoms with van der Waals surface area (Å²) in [5, 5.41) is 6.67. The highest BCUT2D eigenvalue weighted by Gasteiger charge is 2.44. The lowest BCUT2D eigenvalue weighted by atomic mass is 9.33. The van der Waals surface area contributed by atoms with Gasteiger partial charge in [0.15, 0.2) is 0 Å². The Morgan fingerprint density at radius 3 is 1.46 bits per heavy atom. The molecule has 0 atom stereocenters. The van der Waals surface area contributed by atoms with E-state index in [4.69, 9.17) is 5.48 Å². The molecule has 0 amide bonds. The van der Waals surface area contributed by atoms with E-state index in [1.165, 1.54) is 5.56 Å². The van der Waals surface area contributed by atoms with Crippen LogP contribution in [0.2, 0.25) is 0 Å². The molecule has 2 aliphatic rings. The van der Waals surface area contributed by atoms with Gasteiger partial charge in [0.05, 0.1) is 33.2 Å². The summed E-state index contributed by atoms with van der Waals surface area (Å²) in [6.45, 7) is 13.1. The highest BCUT2D eigenvalue weighted by molar-refractivity contribution is 7.00. The fourth-order valence-corrected chi connectivity index (χ4v) is 13.7. The van der Waals surface area contributed by atoms with E-state index in [1.807, 2.05) is 18.2 Å². The van der Waals surface area contributed by atoms with Crippen LogP contribution in [0.15, 0.2) is 267 Å². The van der Waals surface area contributed by atoms with E-state index in [2.05, 4.69) is 251 Å². The second-order valence-corrected chi connectivity index (χ2v) is 24.6. The van der Waals surface area contributed by atoms with Crippen molar-refractivity contribution in [3.63, 3.8) is 0 Å². The third-order valence-corrected chi connectivity index (χ3v) is 17.7. The summed E-state index contributed by atoms with van der Waals surface area (Å²) in [5.41, 5.74) is 17.4. The van der Waals surface area contributed by atoms with E-state index in [1.54, 1.807) is 4.57 Å². The summed E-state index contributed by atoms with van der Waals surface area (Å²) in [5.74, 6) is 0. The van der Waals surface area contributed by atoms with Gasteiger partial charge >= 0.3 is 0 Å². The Balaban J connectivity index is 1.16. The molecule has 2 aliphatic heterocycles. The zero-order valence-electron chi connectivity index (χ0n) is 55.7. The highest BCUT2D eigenvalue weighted by atomic mass is 15.2. The Labute approximate surface area is 503 Å². The van der Waals surface area contributed by atoms with Crippen LogP contribution in [0.1, 0.15) is 63.6 Å². The van der Waals surface area contributed by atoms with Gasteiger partial charge in [-0.3, -0.25) is 0 Å². The molecule has 0 N–H and O–H groups in total. The van der Waals surface area contributed by atoms with Crippen LogP contribution in [0.4, 0.5) is 17.1 Å². The standard InChI is InChI=1S/C80H62BN3/c1-79(2,3)55-42-40-51(41-43-55)54-46-67-63-31-16-14-29-61(63)60-28-13-15-30-62(60)64-32-17-22-39-72(64)83-74-48-56(80(4,5)6)49-75-76(74)81(69(47-54)78(67)83)68-45-44-57(82-70-37-20-18-33-65(70)66-34-19-21-38-71(66)82)50-73(68)84(75)77-58(52-24-9-7-10-25-52)35-23-36-59(77)53-26-11-8-12-27-53/h7-50H,1-6H3/i18D,19D,20D,21D,33D,34D,37D,38D.